The first-order chi connectivity index (χ1) is 11.6. The SMILES string of the molecule is O=C(O)Cn1ccnc(NCCCN2CCc3ccccc32)c1=O. The number of fused-ring (bicyclic) bond motifs is 1. The molecule has 0 unspecified atom stereocenters. The molecule has 3 rings (SSSR count). The first-order valence-electron chi connectivity index (χ1n) is 7.99. The van der Waals surface area contributed by atoms with Crippen LogP contribution in [-0.2, 0) is 17.8 Å². The van der Waals surface area contributed by atoms with Crippen LogP contribution in [0.3, 0.4) is 0 Å². The Balaban J connectivity index is 1.53. The number of nitrogens with one attached hydrogen (secondary N) is 1. The average molecular weight is 328 g/mol. The molecule has 1 aliphatic rings. The molecule has 1 aliphatic heterocycles. The van der Waals surface area contributed by atoms with Gasteiger partial charge in [0.1, 0.15) is 6.54 Å². The molecule has 126 valence electrons. The molecule has 0 radical (unpaired) electrons. The minimum Gasteiger partial charge on any atom is -0.480 e. The number of anilines is 2. The minimum atomic E-state index is -1.05. The van der Waals surface area contributed by atoms with E-state index >= 15 is 0 Å². The van der Waals surface area contributed by atoms with Crippen LogP contribution in [0, 0.1) is 0 Å². The predicted molar refractivity (Wildman–Crippen MR) is 91.6 cm³/mol. The van der Waals surface area contributed by atoms with Crippen LogP contribution in [0.15, 0.2) is 41.5 Å². The zero-order chi connectivity index (χ0) is 16.9. The van der Waals surface area contributed by atoms with E-state index in [9.17, 15) is 9.59 Å². The molecule has 0 atom stereocenters. The van der Waals surface area contributed by atoms with Crippen LogP contribution in [0.1, 0.15) is 12.0 Å². The van der Waals surface area contributed by atoms with E-state index in [-0.39, 0.29) is 12.4 Å². The highest BCUT2D eigenvalue weighted by Gasteiger charge is 2.17. The van der Waals surface area contributed by atoms with Gasteiger partial charge in [-0.25, -0.2) is 4.98 Å². The van der Waals surface area contributed by atoms with Gasteiger partial charge in [0.05, 0.1) is 0 Å². The van der Waals surface area contributed by atoms with Crippen molar-refractivity contribution >= 4 is 17.5 Å². The predicted octanol–water partition coefficient (Wildman–Crippen LogP) is 1.19. The summed E-state index contributed by atoms with van der Waals surface area (Å²) in [6.45, 7) is 2.17. The van der Waals surface area contributed by atoms with Gasteiger partial charge in [0.25, 0.3) is 5.56 Å². The summed E-state index contributed by atoms with van der Waals surface area (Å²) in [5.41, 5.74) is 2.26. The van der Waals surface area contributed by atoms with E-state index in [0.717, 1.165) is 30.5 Å². The lowest BCUT2D eigenvalue weighted by atomic mass is 10.2. The number of hydrogen-bond donors (Lipinski definition) is 2. The van der Waals surface area contributed by atoms with E-state index in [0.29, 0.717) is 6.54 Å². The van der Waals surface area contributed by atoms with E-state index in [1.165, 1.54) is 23.6 Å². The van der Waals surface area contributed by atoms with Crippen LogP contribution >= 0.6 is 0 Å². The number of carboxylic acids is 1. The van der Waals surface area contributed by atoms with Gasteiger partial charge in [0.2, 0.25) is 0 Å². The van der Waals surface area contributed by atoms with Crippen LogP contribution in [0.2, 0.25) is 0 Å². The number of aliphatic carboxylic acids is 1. The third-order valence-electron chi connectivity index (χ3n) is 4.10. The highest BCUT2D eigenvalue weighted by molar-refractivity contribution is 5.66. The van der Waals surface area contributed by atoms with Crippen molar-refractivity contribution in [2.45, 2.75) is 19.4 Å². The fraction of sp³-hybridized carbons (Fsp3) is 0.353. The van der Waals surface area contributed by atoms with E-state index < -0.39 is 11.5 Å². The van der Waals surface area contributed by atoms with Gasteiger partial charge < -0.3 is 15.3 Å². The van der Waals surface area contributed by atoms with Crippen LogP contribution < -0.4 is 15.8 Å². The Morgan fingerprint density at radius 1 is 1.33 bits per heavy atom. The molecule has 0 spiro atoms. The third kappa shape index (κ3) is 3.56. The maximum Gasteiger partial charge on any atom is 0.323 e. The van der Waals surface area contributed by atoms with Crippen molar-refractivity contribution in [2.24, 2.45) is 0 Å². The van der Waals surface area contributed by atoms with Crippen molar-refractivity contribution < 1.29 is 9.90 Å². The highest BCUT2D eigenvalue weighted by atomic mass is 16.4. The molecule has 0 aliphatic carbocycles. The van der Waals surface area contributed by atoms with Gasteiger partial charge in [-0.3, -0.25) is 14.2 Å². The zero-order valence-electron chi connectivity index (χ0n) is 13.3. The summed E-state index contributed by atoms with van der Waals surface area (Å²) in [4.78, 5) is 29.2. The maximum atomic E-state index is 12.1. The first-order valence-corrected chi connectivity index (χ1v) is 7.99. The second-order valence-electron chi connectivity index (χ2n) is 5.75. The number of aromatic nitrogens is 2. The number of rotatable bonds is 7. The average Bonchev–Trinajstić information content (AvgIpc) is 2.97. The summed E-state index contributed by atoms with van der Waals surface area (Å²) in [5.74, 6) is -0.859. The summed E-state index contributed by atoms with van der Waals surface area (Å²) in [5, 5.41) is 11.8. The molecule has 1 aromatic carbocycles. The number of para-hydroxylation sites is 1. The lowest BCUT2D eigenvalue weighted by Gasteiger charge is -2.19. The van der Waals surface area contributed by atoms with E-state index in [1.54, 1.807) is 0 Å². The standard InChI is InChI=1S/C17H20N4O3/c22-15(23)12-21-11-8-19-16(17(21)24)18-7-3-9-20-10-6-13-4-1-2-5-14(13)20/h1-2,4-5,8,11H,3,6-7,9-10,12H2,(H,18,19)(H,22,23). The van der Waals surface area contributed by atoms with Crippen molar-refractivity contribution in [3.63, 3.8) is 0 Å². The third-order valence-corrected chi connectivity index (χ3v) is 4.10. The topological polar surface area (TPSA) is 87.5 Å². The molecule has 0 saturated carbocycles. The fourth-order valence-electron chi connectivity index (χ4n) is 2.95. The normalized spacial score (nSPS) is 12.9. The number of hydrogen-bond acceptors (Lipinski definition) is 5. The van der Waals surface area contributed by atoms with Gasteiger partial charge >= 0.3 is 5.97 Å². The second kappa shape index (κ2) is 7.16. The first kappa shape index (κ1) is 16.0. The van der Waals surface area contributed by atoms with Gasteiger partial charge in [0.15, 0.2) is 5.82 Å². The Labute approximate surface area is 139 Å². The summed E-state index contributed by atoms with van der Waals surface area (Å²) in [6.07, 6.45) is 4.75. The van der Waals surface area contributed by atoms with Crippen molar-refractivity contribution in [1.82, 2.24) is 9.55 Å². The van der Waals surface area contributed by atoms with E-state index in [1.807, 2.05) is 6.07 Å². The van der Waals surface area contributed by atoms with E-state index in [4.69, 9.17) is 5.11 Å². The van der Waals surface area contributed by atoms with E-state index in [2.05, 4.69) is 33.4 Å². The monoisotopic (exact) mass is 328 g/mol. The molecule has 0 bridgehead atoms. The van der Waals surface area contributed by atoms with Gasteiger partial charge in [-0.15, -0.1) is 0 Å². The molecule has 1 aromatic heterocycles. The van der Waals surface area contributed by atoms with Crippen LogP contribution in [0.4, 0.5) is 11.5 Å². The summed E-state index contributed by atoms with van der Waals surface area (Å²) < 4.78 is 1.13. The van der Waals surface area contributed by atoms with Gasteiger partial charge in [0, 0.05) is 37.7 Å². The smallest absolute Gasteiger partial charge is 0.323 e. The summed E-state index contributed by atoms with van der Waals surface area (Å²) >= 11 is 0. The largest absolute Gasteiger partial charge is 0.480 e. The summed E-state index contributed by atoms with van der Waals surface area (Å²) in [7, 11) is 0. The van der Waals surface area contributed by atoms with Gasteiger partial charge in [-0.2, -0.15) is 0 Å². The number of nitrogens with zero attached hydrogens (tertiary/aromatic N) is 3. The van der Waals surface area contributed by atoms with Crippen molar-refractivity contribution in [3.8, 4) is 0 Å². The van der Waals surface area contributed by atoms with Gasteiger partial charge in [-0.05, 0) is 24.5 Å². The molecule has 0 saturated heterocycles. The molecule has 2 aromatic rings. The Kier molecular flexibility index (Phi) is 4.79. The molecule has 0 amide bonds. The molecule has 2 heterocycles. The molecule has 7 heteroatoms. The lowest BCUT2D eigenvalue weighted by molar-refractivity contribution is -0.137. The minimum absolute atomic E-state index is 0.195. The Morgan fingerprint density at radius 2 is 2.17 bits per heavy atom. The van der Waals surface area contributed by atoms with Gasteiger partial charge in [-0.1, -0.05) is 18.2 Å². The lowest BCUT2D eigenvalue weighted by Crippen LogP contribution is -2.28. The number of carboxylic acid groups (broad SMARTS) is 1. The molecular weight excluding hydrogens is 308 g/mol. The number of carbonyl (C=O) groups is 1. The molecular formula is C17H20N4O3. The quantitative estimate of drug-likeness (QED) is 0.743. The summed E-state index contributed by atoms with van der Waals surface area (Å²) in [6, 6.07) is 8.41. The van der Waals surface area contributed by atoms with Crippen LogP contribution in [-0.4, -0.2) is 40.3 Å². The molecule has 2 N–H and O–H groups in total. The van der Waals surface area contributed by atoms with Crippen molar-refractivity contribution in [1.29, 1.82) is 0 Å². The fourth-order valence-corrected chi connectivity index (χ4v) is 2.95. The molecule has 0 fully saturated rings. The Morgan fingerprint density at radius 3 is 3.00 bits per heavy atom. The maximum absolute atomic E-state index is 12.1. The van der Waals surface area contributed by atoms with Crippen molar-refractivity contribution in [2.75, 3.05) is 29.9 Å². The molecule has 24 heavy (non-hydrogen) atoms. The van der Waals surface area contributed by atoms with Crippen LogP contribution in [0.5, 0.6) is 0 Å². The zero-order valence-corrected chi connectivity index (χ0v) is 13.3. The highest BCUT2D eigenvalue weighted by Crippen LogP contribution is 2.27. The number of benzene rings is 1. The Bertz CT molecular complexity index is 787. The Hall–Kier alpha value is -2.83. The molecule has 7 nitrogen and oxygen atoms in total. The van der Waals surface area contributed by atoms with Crippen molar-refractivity contribution in [3.05, 3.63) is 52.6 Å². The van der Waals surface area contributed by atoms with Crippen LogP contribution in [0.25, 0.3) is 0 Å². The second-order valence-corrected chi connectivity index (χ2v) is 5.75.